The van der Waals surface area contributed by atoms with Crippen molar-refractivity contribution in [1.82, 2.24) is 4.90 Å². The largest absolute Gasteiger partial charge is 0.490 e. The van der Waals surface area contributed by atoms with Gasteiger partial charge in [0.15, 0.2) is 16.7 Å². The molecule has 0 aromatic heterocycles. The molecule has 1 aliphatic rings. The Labute approximate surface area is 237 Å². The number of benzene rings is 4. The molecule has 0 aliphatic carbocycles. The number of nitrogens with zero attached hydrogens (tertiary/aromatic N) is 2. The molecule has 202 valence electrons. The third-order valence-electron chi connectivity index (χ3n) is 6.29. The first-order valence-electron chi connectivity index (χ1n) is 12.8. The predicted molar refractivity (Wildman–Crippen MR) is 159 cm³/mol. The Hall–Kier alpha value is -4.56. The van der Waals surface area contributed by atoms with Gasteiger partial charge in [-0.1, -0.05) is 42.5 Å². The minimum Gasteiger partial charge on any atom is -0.490 e. The van der Waals surface area contributed by atoms with Gasteiger partial charge in [0.1, 0.15) is 6.61 Å². The van der Waals surface area contributed by atoms with Crippen LogP contribution in [0, 0.1) is 0 Å². The molecular weight excluding hydrogens is 524 g/mol. The van der Waals surface area contributed by atoms with E-state index in [-0.39, 0.29) is 5.91 Å². The number of amides is 1. The highest BCUT2D eigenvalue weighted by atomic mass is 32.2. The lowest BCUT2D eigenvalue weighted by atomic mass is 10.1. The third-order valence-corrected chi connectivity index (χ3v) is 7.35. The molecule has 0 atom stereocenters. The number of carbonyl (C=O) groups is 2. The average Bonchev–Trinajstić information content (AvgIpc) is 3.24. The van der Waals surface area contributed by atoms with Crippen LogP contribution in [0.15, 0.2) is 94.8 Å². The lowest BCUT2D eigenvalue weighted by Gasteiger charge is -2.13. The highest BCUT2D eigenvalue weighted by molar-refractivity contribution is 8.18. The minimum absolute atomic E-state index is 0.149. The summed E-state index contributed by atoms with van der Waals surface area (Å²) in [5, 5.41) is 2.90. The number of ether oxygens (including phenoxy) is 3. The highest BCUT2D eigenvalue weighted by Gasteiger charge is 2.30. The zero-order chi connectivity index (χ0) is 28.1. The van der Waals surface area contributed by atoms with Crippen LogP contribution in [-0.2, 0) is 16.1 Å². The summed E-state index contributed by atoms with van der Waals surface area (Å²) in [5.74, 6) is 0.686. The van der Waals surface area contributed by atoms with E-state index in [0.717, 1.165) is 11.1 Å². The number of thioether (sulfide) groups is 1. The van der Waals surface area contributed by atoms with E-state index in [0.29, 0.717) is 46.0 Å². The van der Waals surface area contributed by atoms with E-state index < -0.39 is 5.97 Å². The molecule has 1 fully saturated rings. The van der Waals surface area contributed by atoms with Crippen LogP contribution < -0.4 is 9.47 Å². The Bertz CT molecular complexity index is 1630. The quantitative estimate of drug-likeness (QED) is 0.176. The fourth-order valence-corrected chi connectivity index (χ4v) is 5.18. The van der Waals surface area contributed by atoms with E-state index in [1.807, 2.05) is 43.3 Å². The molecule has 1 amide bonds. The predicted octanol–water partition coefficient (Wildman–Crippen LogP) is 6.84. The summed E-state index contributed by atoms with van der Waals surface area (Å²) < 4.78 is 16.7. The van der Waals surface area contributed by atoms with Gasteiger partial charge >= 0.3 is 5.97 Å². The maximum Gasteiger partial charge on any atom is 0.337 e. The molecule has 7 nitrogen and oxygen atoms in total. The standard InChI is InChI=1S/C32H28N2O5S/c1-4-38-28-18-21(10-16-27(28)39-20-22-9-11-23-7-5-6-8-25(23)17-22)19-29-30(35)34(2)32(40-29)33-26-14-12-24(13-15-26)31(36)37-3/h5-19H,4,20H2,1-3H3. The first-order valence-corrected chi connectivity index (χ1v) is 13.6. The van der Waals surface area contributed by atoms with Crippen molar-refractivity contribution in [3.8, 4) is 11.5 Å². The molecule has 4 aromatic rings. The number of fused-ring (bicyclic) bond motifs is 1. The lowest BCUT2D eigenvalue weighted by Crippen LogP contribution is -2.23. The van der Waals surface area contributed by atoms with E-state index >= 15 is 0 Å². The van der Waals surface area contributed by atoms with Crippen molar-refractivity contribution in [2.75, 3.05) is 20.8 Å². The molecule has 0 unspecified atom stereocenters. The maximum absolute atomic E-state index is 13.0. The van der Waals surface area contributed by atoms with Gasteiger partial charge in [-0.15, -0.1) is 0 Å². The smallest absolute Gasteiger partial charge is 0.337 e. The minimum atomic E-state index is -0.413. The van der Waals surface area contributed by atoms with Crippen LogP contribution in [0.3, 0.4) is 0 Å². The fraction of sp³-hybridized carbons (Fsp3) is 0.156. The van der Waals surface area contributed by atoms with Gasteiger partial charge in [-0.3, -0.25) is 9.69 Å². The number of methoxy groups -OCH3 is 1. The van der Waals surface area contributed by atoms with Crippen LogP contribution in [0.2, 0.25) is 0 Å². The van der Waals surface area contributed by atoms with Crippen LogP contribution in [0.5, 0.6) is 11.5 Å². The molecule has 0 radical (unpaired) electrons. The second kappa shape index (κ2) is 12.1. The molecule has 8 heteroatoms. The van der Waals surface area contributed by atoms with Gasteiger partial charge in [0, 0.05) is 7.05 Å². The molecule has 1 heterocycles. The Balaban J connectivity index is 1.32. The molecule has 4 aromatic carbocycles. The summed E-state index contributed by atoms with van der Waals surface area (Å²) in [6.45, 7) is 2.81. The second-order valence-electron chi connectivity index (χ2n) is 9.02. The molecule has 0 saturated carbocycles. The van der Waals surface area contributed by atoms with Gasteiger partial charge < -0.3 is 14.2 Å². The first-order chi connectivity index (χ1) is 19.4. The van der Waals surface area contributed by atoms with Gasteiger partial charge in [0.2, 0.25) is 0 Å². The number of aliphatic imine (C=N–C) groups is 1. The fourth-order valence-electron chi connectivity index (χ4n) is 4.19. The number of rotatable bonds is 8. The number of hydrogen-bond acceptors (Lipinski definition) is 7. The molecule has 40 heavy (non-hydrogen) atoms. The van der Waals surface area contributed by atoms with Crippen molar-refractivity contribution in [2.24, 2.45) is 4.99 Å². The topological polar surface area (TPSA) is 77.4 Å². The van der Waals surface area contributed by atoms with E-state index in [1.54, 1.807) is 31.3 Å². The van der Waals surface area contributed by atoms with Crippen molar-refractivity contribution in [3.05, 3.63) is 107 Å². The summed E-state index contributed by atoms with van der Waals surface area (Å²) in [6.07, 6.45) is 1.82. The Morgan fingerprint density at radius 1 is 0.925 bits per heavy atom. The van der Waals surface area contributed by atoms with Crippen LogP contribution in [-0.4, -0.2) is 42.7 Å². The highest BCUT2D eigenvalue weighted by Crippen LogP contribution is 2.35. The molecule has 1 saturated heterocycles. The zero-order valence-corrected chi connectivity index (χ0v) is 23.2. The summed E-state index contributed by atoms with van der Waals surface area (Å²) in [5.41, 5.74) is 2.94. The summed E-state index contributed by atoms with van der Waals surface area (Å²) >= 11 is 1.29. The van der Waals surface area contributed by atoms with Crippen molar-refractivity contribution in [3.63, 3.8) is 0 Å². The molecular formula is C32H28N2O5S. The first kappa shape index (κ1) is 27.0. The van der Waals surface area contributed by atoms with Gasteiger partial charge in [-0.2, -0.15) is 0 Å². The van der Waals surface area contributed by atoms with Gasteiger partial charge in [-0.05, 0) is 89.1 Å². The number of hydrogen-bond donors (Lipinski definition) is 0. The van der Waals surface area contributed by atoms with E-state index in [9.17, 15) is 9.59 Å². The van der Waals surface area contributed by atoms with Crippen LogP contribution in [0.4, 0.5) is 5.69 Å². The van der Waals surface area contributed by atoms with Gasteiger partial charge in [-0.25, -0.2) is 9.79 Å². The Kier molecular flexibility index (Phi) is 8.17. The van der Waals surface area contributed by atoms with Crippen molar-refractivity contribution < 1.29 is 23.8 Å². The SMILES string of the molecule is CCOc1cc(C=C2SC(=Nc3ccc(C(=O)OC)cc3)N(C)C2=O)ccc1OCc1ccc2ccccc2c1. The molecule has 0 bridgehead atoms. The Morgan fingerprint density at radius 3 is 2.45 bits per heavy atom. The van der Waals surface area contributed by atoms with Crippen LogP contribution >= 0.6 is 11.8 Å². The zero-order valence-electron chi connectivity index (χ0n) is 22.4. The normalized spacial score (nSPS) is 15.2. The van der Waals surface area contributed by atoms with Gasteiger partial charge in [0.05, 0.1) is 29.9 Å². The second-order valence-corrected chi connectivity index (χ2v) is 10.0. The van der Waals surface area contributed by atoms with Crippen molar-refractivity contribution in [2.45, 2.75) is 13.5 Å². The number of amidine groups is 1. The molecule has 1 aliphatic heterocycles. The number of esters is 1. The van der Waals surface area contributed by atoms with E-state index in [2.05, 4.69) is 35.3 Å². The molecule has 0 spiro atoms. The third kappa shape index (κ3) is 6.02. The number of likely N-dealkylation sites (N-methyl/N-ethyl adjacent to an activating group) is 1. The van der Waals surface area contributed by atoms with E-state index in [1.165, 1.54) is 34.5 Å². The van der Waals surface area contributed by atoms with Crippen LogP contribution in [0.25, 0.3) is 16.8 Å². The van der Waals surface area contributed by atoms with Crippen LogP contribution in [0.1, 0.15) is 28.4 Å². The summed E-state index contributed by atoms with van der Waals surface area (Å²) in [6, 6.07) is 26.9. The number of carbonyl (C=O) groups excluding carboxylic acids is 2. The Morgan fingerprint density at radius 2 is 1.70 bits per heavy atom. The lowest BCUT2D eigenvalue weighted by molar-refractivity contribution is -0.121. The maximum atomic E-state index is 13.0. The molecule has 0 N–H and O–H groups in total. The summed E-state index contributed by atoms with van der Waals surface area (Å²) in [4.78, 5) is 31.3. The van der Waals surface area contributed by atoms with Crippen molar-refractivity contribution >= 4 is 51.3 Å². The molecule has 5 rings (SSSR count). The van der Waals surface area contributed by atoms with Crippen molar-refractivity contribution in [1.29, 1.82) is 0 Å². The average molecular weight is 553 g/mol. The van der Waals surface area contributed by atoms with Gasteiger partial charge in [0.25, 0.3) is 5.91 Å². The monoisotopic (exact) mass is 552 g/mol. The van der Waals surface area contributed by atoms with E-state index in [4.69, 9.17) is 14.2 Å². The summed E-state index contributed by atoms with van der Waals surface area (Å²) in [7, 11) is 3.03.